The van der Waals surface area contributed by atoms with E-state index in [2.05, 4.69) is 15.9 Å². The van der Waals surface area contributed by atoms with Crippen LogP contribution in [-0.2, 0) is 14.3 Å². The number of ether oxygens (including phenoxy) is 2. The van der Waals surface area contributed by atoms with Crippen molar-refractivity contribution < 1.29 is 19.1 Å². The van der Waals surface area contributed by atoms with Gasteiger partial charge in [0.25, 0.3) is 5.91 Å². The Labute approximate surface area is 137 Å². The van der Waals surface area contributed by atoms with Gasteiger partial charge in [-0.05, 0) is 48.0 Å². The van der Waals surface area contributed by atoms with E-state index in [0.29, 0.717) is 28.4 Å². The molecule has 1 rings (SSSR count). The van der Waals surface area contributed by atoms with Crippen LogP contribution in [0.15, 0.2) is 22.7 Å². The Bertz CT molecular complexity index is 510. The molecular formula is C14H17BrClNO4. The number of nitrogens with zero attached hydrogens (tertiary/aromatic N) is 1. The van der Waals surface area contributed by atoms with Crippen molar-refractivity contribution in [3.8, 4) is 5.75 Å². The number of hydrogen-bond donors (Lipinski definition) is 0. The highest BCUT2D eigenvalue weighted by atomic mass is 79.9. The summed E-state index contributed by atoms with van der Waals surface area (Å²) < 4.78 is 10.9. The van der Waals surface area contributed by atoms with Crippen molar-refractivity contribution >= 4 is 39.4 Å². The SMILES string of the molecule is CCOC(=O)CN(CC)C(=O)COc1ccc(Cl)cc1Br. The van der Waals surface area contributed by atoms with Gasteiger partial charge < -0.3 is 14.4 Å². The molecule has 0 saturated heterocycles. The maximum absolute atomic E-state index is 12.0. The van der Waals surface area contributed by atoms with Crippen molar-refractivity contribution in [1.29, 1.82) is 0 Å². The molecular weight excluding hydrogens is 362 g/mol. The lowest BCUT2D eigenvalue weighted by molar-refractivity contribution is -0.149. The van der Waals surface area contributed by atoms with Crippen LogP contribution in [0.5, 0.6) is 5.75 Å². The minimum Gasteiger partial charge on any atom is -0.483 e. The quantitative estimate of drug-likeness (QED) is 0.685. The molecule has 0 aromatic heterocycles. The second-order valence-electron chi connectivity index (χ2n) is 4.08. The number of likely N-dealkylation sites (N-methyl/N-ethyl adjacent to an activating group) is 1. The molecule has 1 aromatic carbocycles. The van der Waals surface area contributed by atoms with E-state index in [-0.39, 0.29) is 19.1 Å². The Balaban J connectivity index is 2.56. The lowest BCUT2D eigenvalue weighted by Crippen LogP contribution is -2.39. The zero-order chi connectivity index (χ0) is 15.8. The maximum Gasteiger partial charge on any atom is 0.325 e. The van der Waals surface area contributed by atoms with Crippen molar-refractivity contribution in [2.75, 3.05) is 26.3 Å². The van der Waals surface area contributed by atoms with Crippen molar-refractivity contribution in [3.63, 3.8) is 0 Å². The highest BCUT2D eigenvalue weighted by molar-refractivity contribution is 9.10. The van der Waals surface area contributed by atoms with Gasteiger partial charge in [0, 0.05) is 11.6 Å². The van der Waals surface area contributed by atoms with Crippen LogP contribution in [0, 0.1) is 0 Å². The molecule has 0 aliphatic carbocycles. The summed E-state index contributed by atoms with van der Waals surface area (Å²) in [4.78, 5) is 24.8. The molecule has 1 aromatic rings. The van der Waals surface area contributed by atoms with Crippen LogP contribution in [0.4, 0.5) is 0 Å². The third-order valence-corrected chi connectivity index (χ3v) is 3.46. The number of hydrogen-bond acceptors (Lipinski definition) is 4. The van der Waals surface area contributed by atoms with Gasteiger partial charge in [0.1, 0.15) is 12.3 Å². The number of carbonyl (C=O) groups is 2. The van der Waals surface area contributed by atoms with Gasteiger partial charge in [0.05, 0.1) is 11.1 Å². The Morgan fingerprint density at radius 3 is 2.62 bits per heavy atom. The molecule has 7 heteroatoms. The average Bonchev–Trinajstić information content (AvgIpc) is 2.43. The van der Waals surface area contributed by atoms with Crippen LogP contribution in [0.1, 0.15) is 13.8 Å². The largest absolute Gasteiger partial charge is 0.483 e. The molecule has 0 unspecified atom stereocenters. The van der Waals surface area contributed by atoms with Gasteiger partial charge >= 0.3 is 5.97 Å². The number of esters is 1. The van der Waals surface area contributed by atoms with E-state index in [1.54, 1.807) is 32.0 Å². The van der Waals surface area contributed by atoms with Gasteiger partial charge in [-0.2, -0.15) is 0 Å². The third-order valence-electron chi connectivity index (χ3n) is 2.60. The molecule has 116 valence electrons. The maximum atomic E-state index is 12.0. The highest BCUT2D eigenvalue weighted by Crippen LogP contribution is 2.27. The summed E-state index contributed by atoms with van der Waals surface area (Å²) in [5.74, 6) is -0.201. The Morgan fingerprint density at radius 2 is 2.05 bits per heavy atom. The highest BCUT2D eigenvalue weighted by Gasteiger charge is 2.17. The van der Waals surface area contributed by atoms with E-state index in [9.17, 15) is 9.59 Å². The van der Waals surface area contributed by atoms with Crippen LogP contribution >= 0.6 is 27.5 Å². The molecule has 21 heavy (non-hydrogen) atoms. The molecule has 0 atom stereocenters. The monoisotopic (exact) mass is 377 g/mol. The summed E-state index contributed by atoms with van der Waals surface area (Å²) in [5, 5.41) is 0.568. The predicted molar refractivity (Wildman–Crippen MR) is 83.5 cm³/mol. The van der Waals surface area contributed by atoms with E-state index in [0.717, 1.165) is 0 Å². The molecule has 0 saturated carbocycles. The second-order valence-corrected chi connectivity index (χ2v) is 5.37. The summed E-state index contributed by atoms with van der Waals surface area (Å²) in [6.45, 7) is 3.97. The van der Waals surface area contributed by atoms with Gasteiger partial charge in [-0.25, -0.2) is 0 Å². The molecule has 0 spiro atoms. The lowest BCUT2D eigenvalue weighted by Gasteiger charge is -2.20. The minimum atomic E-state index is -0.430. The van der Waals surface area contributed by atoms with Crippen molar-refractivity contribution in [2.24, 2.45) is 0 Å². The number of halogens is 2. The van der Waals surface area contributed by atoms with Gasteiger partial charge in [0.15, 0.2) is 6.61 Å². The van der Waals surface area contributed by atoms with Crippen LogP contribution in [0.25, 0.3) is 0 Å². The van der Waals surface area contributed by atoms with E-state index in [1.807, 2.05) is 0 Å². The first kappa shape index (κ1) is 17.8. The van der Waals surface area contributed by atoms with Crippen LogP contribution in [0.3, 0.4) is 0 Å². The molecule has 0 heterocycles. The molecule has 0 N–H and O–H groups in total. The molecule has 0 bridgehead atoms. The Morgan fingerprint density at radius 1 is 1.33 bits per heavy atom. The van der Waals surface area contributed by atoms with Gasteiger partial charge in [-0.3, -0.25) is 9.59 Å². The molecule has 0 aliphatic heterocycles. The lowest BCUT2D eigenvalue weighted by atomic mass is 10.3. The average molecular weight is 379 g/mol. The molecule has 5 nitrogen and oxygen atoms in total. The van der Waals surface area contributed by atoms with E-state index >= 15 is 0 Å². The van der Waals surface area contributed by atoms with Gasteiger partial charge in [-0.1, -0.05) is 11.6 Å². The number of amides is 1. The fraction of sp³-hybridized carbons (Fsp3) is 0.429. The van der Waals surface area contributed by atoms with Crippen molar-refractivity contribution in [1.82, 2.24) is 4.90 Å². The fourth-order valence-electron chi connectivity index (χ4n) is 1.56. The van der Waals surface area contributed by atoms with E-state index in [4.69, 9.17) is 21.1 Å². The number of benzene rings is 1. The first-order valence-electron chi connectivity index (χ1n) is 6.49. The van der Waals surface area contributed by atoms with Gasteiger partial charge in [0.2, 0.25) is 0 Å². The van der Waals surface area contributed by atoms with Crippen LogP contribution in [-0.4, -0.2) is 43.1 Å². The molecule has 1 amide bonds. The fourth-order valence-corrected chi connectivity index (χ4v) is 2.36. The molecule has 0 fully saturated rings. The van der Waals surface area contributed by atoms with E-state index in [1.165, 1.54) is 4.90 Å². The zero-order valence-electron chi connectivity index (χ0n) is 11.9. The summed E-state index contributed by atoms with van der Waals surface area (Å²) in [7, 11) is 0. The predicted octanol–water partition coefficient (Wildman–Crippen LogP) is 2.89. The van der Waals surface area contributed by atoms with Crippen LogP contribution in [0.2, 0.25) is 5.02 Å². The summed E-state index contributed by atoms with van der Waals surface area (Å²) in [5.41, 5.74) is 0. The Kier molecular flexibility index (Phi) is 7.53. The molecule has 0 radical (unpaired) electrons. The normalized spacial score (nSPS) is 10.1. The standard InChI is InChI=1S/C14H17BrClNO4/c1-3-17(8-14(19)20-4-2)13(18)9-21-12-6-5-10(16)7-11(12)15/h5-7H,3-4,8-9H2,1-2H3. The number of rotatable bonds is 7. The Hall–Kier alpha value is -1.27. The smallest absolute Gasteiger partial charge is 0.325 e. The molecule has 0 aliphatic rings. The van der Waals surface area contributed by atoms with Crippen LogP contribution < -0.4 is 4.74 Å². The topological polar surface area (TPSA) is 55.8 Å². The summed E-state index contributed by atoms with van der Waals surface area (Å²) in [6, 6.07) is 5.02. The van der Waals surface area contributed by atoms with Crippen molar-refractivity contribution in [3.05, 3.63) is 27.7 Å². The second kappa shape index (κ2) is 8.89. The minimum absolute atomic E-state index is 0.0751. The number of carbonyl (C=O) groups excluding carboxylic acids is 2. The zero-order valence-corrected chi connectivity index (χ0v) is 14.2. The summed E-state index contributed by atoms with van der Waals surface area (Å²) >= 11 is 9.13. The van der Waals surface area contributed by atoms with Gasteiger partial charge in [-0.15, -0.1) is 0 Å². The first-order valence-corrected chi connectivity index (χ1v) is 7.66. The summed E-state index contributed by atoms with van der Waals surface area (Å²) in [6.07, 6.45) is 0. The van der Waals surface area contributed by atoms with E-state index < -0.39 is 5.97 Å². The van der Waals surface area contributed by atoms with Crippen molar-refractivity contribution in [2.45, 2.75) is 13.8 Å². The first-order chi connectivity index (χ1) is 9.97. The third kappa shape index (κ3) is 5.93.